The lowest BCUT2D eigenvalue weighted by molar-refractivity contribution is 0.424. The van der Waals surface area contributed by atoms with Gasteiger partial charge in [-0.05, 0) is 18.2 Å². The summed E-state index contributed by atoms with van der Waals surface area (Å²) >= 11 is 0. The molecule has 2 N–H and O–H groups in total. The summed E-state index contributed by atoms with van der Waals surface area (Å²) in [6, 6.07) is 6.92. The molecule has 90 valence electrons. The Balaban J connectivity index is 2.30. The maximum Gasteiger partial charge on any atom is 0.258 e. The average molecular weight is 253 g/mol. The maximum absolute atomic E-state index is 11.1. The number of sulfone groups is 1. The predicted molar refractivity (Wildman–Crippen MR) is 62.7 cm³/mol. The number of anilines is 1. The Morgan fingerprint density at radius 1 is 1.41 bits per heavy atom. The van der Waals surface area contributed by atoms with E-state index in [1.54, 1.807) is 24.3 Å². The molecular weight excluding hydrogens is 242 g/mol. The van der Waals surface area contributed by atoms with Crippen LogP contribution in [0.25, 0.3) is 11.5 Å². The Bertz CT molecular complexity index is 634. The van der Waals surface area contributed by atoms with Crippen LogP contribution in [0.3, 0.4) is 0 Å². The van der Waals surface area contributed by atoms with Crippen LogP contribution in [0.1, 0.15) is 5.82 Å². The minimum Gasteiger partial charge on any atom is -0.399 e. The van der Waals surface area contributed by atoms with E-state index in [0.717, 1.165) is 6.26 Å². The number of aromatic nitrogens is 2. The highest BCUT2D eigenvalue weighted by Crippen LogP contribution is 2.19. The van der Waals surface area contributed by atoms with Crippen molar-refractivity contribution in [3.63, 3.8) is 0 Å². The van der Waals surface area contributed by atoms with Gasteiger partial charge in [0.1, 0.15) is 5.75 Å². The van der Waals surface area contributed by atoms with Crippen molar-refractivity contribution in [1.29, 1.82) is 0 Å². The monoisotopic (exact) mass is 253 g/mol. The van der Waals surface area contributed by atoms with Crippen LogP contribution in [0.4, 0.5) is 5.69 Å². The third-order valence-corrected chi connectivity index (χ3v) is 2.78. The molecule has 1 aromatic heterocycles. The van der Waals surface area contributed by atoms with Crippen molar-refractivity contribution in [2.75, 3.05) is 12.0 Å². The second kappa shape index (κ2) is 4.17. The molecule has 0 aliphatic heterocycles. The first kappa shape index (κ1) is 11.6. The van der Waals surface area contributed by atoms with Crippen molar-refractivity contribution in [3.05, 3.63) is 30.1 Å². The number of nitrogens with zero attached hydrogens (tertiary/aromatic N) is 2. The fourth-order valence-electron chi connectivity index (χ4n) is 1.34. The highest BCUT2D eigenvalue weighted by molar-refractivity contribution is 7.89. The van der Waals surface area contributed by atoms with Gasteiger partial charge in [0, 0.05) is 17.5 Å². The van der Waals surface area contributed by atoms with Crippen LogP contribution in [-0.2, 0) is 15.6 Å². The van der Waals surface area contributed by atoms with E-state index in [1.807, 2.05) is 0 Å². The van der Waals surface area contributed by atoms with Crippen molar-refractivity contribution in [2.24, 2.45) is 0 Å². The van der Waals surface area contributed by atoms with Gasteiger partial charge in [-0.2, -0.15) is 4.98 Å². The van der Waals surface area contributed by atoms with Gasteiger partial charge < -0.3 is 10.3 Å². The number of nitrogens with two attached hydrogens (primary N) is 1. The Morgan fingerprint density at radius 2 is 2.18 bits per heavy atom. The Hall–Kier alpha value is -1.89. The largest absolute Gasteiger partial charge is 0.399 e. The standard InChI is InChI=1S/C10H11N3O3S/c1-17(14,15)6-9-12-10(16-13-9)7-3-2-4-8(11)5-7/h2-5H,6,11H2,1H3. The fourth-order valence-corrected chi connectivity index (χ4v) is 1.92. The van der Waals surface area contributed by atoms with Gasteiger partial charge in [-0.25, -0.2) is 8.42 Å². The summed E-state index contributed by atoms with van der Waals surface area (Å²) in [4.78, 5) is 3.99. The molecular formula is C10H11N3O3S. The van der Waals surface area contributed by atoms with E-state index in [2.05, 4.69) is 10.1 Å². The molecule has 0 amide bonds. The molecule has 0 radical (unpaired) electrons. The quantitative estimate of drug-likeness (QED) is 0.814. The van der Waals surface area contributed by atoms with Crippen LogP contribution >= 0.6 is 0 Å². The van der Waals surface area contributed by atoms with Gasteiger partial charge >= 0.3 is 0 Å². The molecule has 0 bridgehead atoms. The molecule has 0 aliphatic rings. The van der Waals surface area contributed by atoms with Crippen molar-refractivity contribution >= 4 is 15.5 Å². The molecule has 17 heavy (non-hydrogen) atoms. The first-order valence-electron chi connectivity index (χ1n) is 4.80. The Labute approximate surface area is 98.4 Å². The molecule has 1 heterocycles. The normalized spacial score (nSPS) is 11.6. The van der Waals surface area contributed by atoms with E-state index in [9.17, 15) is 8.42 Å². The molecule has 6 nitrogen and oxygen atoms in total. The van der Waals surface area contributed by atoms with Crippen LogP contribution < -0.4 is 5.73 Å². The van der Waals surface area contributed by atoms with Crippen molar-refractivity contribution in [3.8, 4) is 11.5 Å². The van der Waals surface area contributed by atoms with Gasteiger partial charge in [-0.3, -0.25) is 0 Å². The lowest BCUT2D eigenvalue weighted by atomic mass is 10.2. The number of hydrogen-bond donors (Lipinski definition) is 1. The first-order valence-corrected chi connectivity index (χ1v) is 6.86. The molecule has 0 saturated carbocycles. The van der Waals surface area contributed by atoms with Gasteiger partial charge in [-0.1, -0.05) is 11.2 Å². The van der Waals surface area contributed by atoms with Crippen molar-refractivity contribution in [1.82, 2.24) is 10.1 Å². The predicted octanol–water partition coefficient (Wildman–Crippen LogP) is 0.863. The van der Waals surface area contributed by atoms with E-state index in [4.69, 9.17) is 10.3 Å². The second-order valence-electron chi connectivity index (χ2n) is 3.71. The smallest absolute Gasteiger partial charge is 0.258 e. The summed E-state index contributed by atoms with van der Waals surface area (Å²) in [6.07, 6.45) is 1.11. The van der Waals surface area contributed by atoms with E-state index in [-0.39, 0.29) is 17.5 Å². The van der Waals surface area contributed by atoms with Crippen LogP contribution in [-0.4, -0.2) is 24.8 Å². The topological polar surface area (TPSA) is 99.1 Å². The van der Waals surface area contributed by atoms with Crippen LogP contribution in [0.5, 0.6) is 0 Å². The summed E-state index contributed by atoms with van der Waals surface area (Å²) in [5, 5.41) is 3.60. The minimum absolute atomic E-state index is 0.143. The zero-order valence-electron chi connectivity index (χ0n) is 9.12. The van der Waals surface area contributed by atoms with E-state index in [1.165, 1.54) is 0 Å². The van der Waals surface area contributed by atoms with Gasteiger partial charge in [0.25, 0.3) is 5.89 Å². The zero-order chi connectivity index (χ0) is 12.5. The maximum atomic E-state index is 11.1. The molecule has 1 aromatic carbocycles. The van der Waals surface area contributed by atoms with Crippen molar-refractivity contribution < 1.29 is 12.9 Å². The fraction of sp³-hybridized carbons (Fsp3) is 0.200. The van der Waals surface area contributed by atoms with Gasteiger partial charge in [0.15, 0.2) is 15.7 Å². The number of benzene rings is 1. The summed E-state index contributed by atoms with van der Waals surface area (Å²) in [5.74, 6) is 0.166. The average Bonchev–Trinajstić information content (AvgIpc) is 2.63. The third kappa shape index (κ3) is 3.04. The zero-order valence-corrected chi connectivity index (χ0v) is 9.94. The Kier molecular flexibility index (Phi) is 2.84. The van der Waals surface area contributed by atoms with Gasteiger partial charge in [-0.15, -0.1) is 0 Å². The van der Waals surface area contributed by atoms with E-state index < -0.39 is 9.84 Å². The molecule has 7 heteroatoms. The van der Waals surface area contributed by atoms with Crippen LogP contribution in [0.2, 0.25) is 0 Å². The molecule has 0 unspecified atom stereocenters. The lowest BCUT2D eigenvalue weighted by Crippen LogP contribution is -2.02. The molecule has 2 aromatic rings. The van der Waals surface area contributed by atoms with Gasteiger partial charge in [0.2, 0.25) is 0 Å². The molecule has 0 atom stereocenters. The SMILES string of the molecule is CS(=O)(=O)Cc1noc(-c2cccc(N)c2)n1. The van der Waals surface area contributed by atoms with E-state index >= 15 is 0 Å². The summed E-state index contributed by atoms with van der Waals surface area (Å²) in [6.45, 7) is 0. The number of rotatable bonds is 3. The lowest BCUT2D eigenvalue weighted by Gasteiger charge is -1.95. The third-order valence-electron chi connectivity index (χ3n) is 1.99. The molecule has 0 saturated heterocycles. The van der Waals surface area contributed by atoms with Crippen LogP contribution in [0, 0.1) is 0 Å². The number of nitrogen functional groups attached to an aromatic ring is 1. The Morgan fingerprint density at radius 3 is 2.82 bits per heavy atom. The molecule has 2 rings (SSSR count). The summed E-state index contributed by atoms with van der Waals surface area (Å²) < 4.78 is 27.1. The highest BCUT2D eigenvalue weighted by Gasteiger charge is 2.13. The second-order valence-corrected chi connectivity index (χ2v) is 5.85. The first-order chi connectivity index (χ1) is 7.94. The highest BCUT2D eigenvalue weighted by atomic mass is 32.2. The summed E-state index contributed by atoms with van der Waals surface area (Å²) in [5.41, 5.74) is 6.86. The molecule has 0 aliphatic carbocycles. The van der Waals surface area contributed by atoms with Crippen molar-refractivity contribution in [2.45, 2.75) is 5.75 Å². The van der Waals surface area contributed by atoms with Crippen LogP contribution in [0.15, 0.2) is 28.8 Å². The molecule has 0 spiro atoms. The van der Waals surface area contributed by atoms with E-state index in [0.29, 0.717) is 11.3 Å². The minimum atomic E-state index is -3.16. The summed E-state index contributed by atoms with van der Waals surface area (Å²) in [7, 11) is -3.16. The van der Waals surface area contributed by atoms with Gasteiger partial charge in [0.05, 0.1) is 0 Å². The molecule has 0 fully saturated rings. The number of hydrogen-bond acceptors (Lipinski definition) is 6.